The van der Waals surface area contributed by atoms with Crippen molar-refractivity contribution >= 4 is 17.4 Å². The molecule has 1 aromatic carbocycles. The molecule has 5 heteroatoms. The molecule has 0 atom stereocenters. The largest absolute Gasteiger partial charge is 0.478 e. The summed E-state index contributed by atoms with van der Waals surface area (Å²) in [5, 5.41) is 9.09. The maximum atomic E-state index is 12.4. The van der Waals surface area contributed by atoms with Gasteiger partial charge >= 0.3 is 5.97 Å². The second kappa shape index (κ2) is 4.89. The van der Waals surface area contributed by atoms with E-state index in [1.165, 1.54) is 18.3 Å². The predicted molar refractivity (Wildman–Crippen MR) is 70.2 cm³/mol. The van der Waals surface area contributed by atoms with Crippen LogP contribution in [0.25, 0.3) is 0 Å². The van der Waals surface area contributed by atoms with E-state index in [-0.39, 0.29) is 16.8 Å². The lowest BCUT2D eigenvalue weighted by Crippen LogP contribution is -2.13. The second-order valence-electron chi connectivity index (χ2n) is 4.05. The SMILES string of the molecule is Cc1c(N)ccnc1C(=O)c1ccccc1C(=O)O. The van der Waals surface area contributed by atoms with Crippen molar-refractivity contribution in [3.8, 4) is 0 Å². The zero-order chi connectivity index (χ0) is 14.0. The smallest absolute Gasteiger partial charge is 0.336 e. The minimum Gasteiger partial charge on any atom is -0.478 e. The van der Waals surface area contributed by atoms with E-state index in [1.54, 1.807) is 25.1 Å². The summed E-state index contributed by atoms with van der Waals surface area (Å²) >= 11 is 0. The highest BCUT2D eigenvalue weighted by atomic mass is 16.4. The molecule has 0 unspecified atom stereocenters. The summed E-state index contributed by atoms with van der Waals surface area (Å²) in [4.78, 5) is 27.5. The first-order valence-electron chi connectivity index (χ1n) is 5.60. The van der Waals surface area contributed by atoms with E-state index in [4.69, 9.17) is 10.8 Å². The molecular weight excluding hydrogens is 244 g/mol. The molecule has 0 aliphatic rings. The average Bonchev–Trinajstić information content (AvgIpc) is 2.41. The van der Waals surface area contributed by atoms with Crippen molar-refractivity contribution in [2.75, 3.05) is 5.73 Å². The molecular formula is C14H12N2O3. The summed E-state index contributed by atoms with van der Waals surface area (Å²) in [6.45, 7) is 1.68. The third-order valence-electron chi connectivity index (χ3n) is 2.86. The molecule has 3 N–H and O–H groups in total. The number of rotatable bonds is 3. The Morgan fingerprint density at radius 1 is 1.16 bits per heavy atom. The van der Waals surface area contributed by atoms with E-state index in [0.29, 0.717) is 11.3 Å². The summed E-state index contributed by atoms with van der Waals surface area (Å²) in [5.41, 5.74) is 6.96. The number of carbonyl (C=O) groups excluding carboxylic acids is 1. The van der Waals surface area contributed by atoms with Crippen LogP contribution in [0.15, 0.2) is 36.5 Å². The molecule has 0 fully saturated rings. The molecule has 0 amide bonds. The summed E-state index contributed by atoms with van der Waals surface area (Å²) < 4.78 is 0. The summed E-state index contributed by atoms with van der Waals surface area (Å²) in [6, 6.07) is 7.63. The molecule has 0 saturated heterocycles. The molecule has 0 aliphatic heterocycles. The van der Waals surface area contributed by atoms with Crippen LogP contribution in [0.2, 0.25) is 0 Å². The number of anilines is 1. The highest BCUT2D eigenvalue weighted by molar-refractivity contribution is 6.14. The number of ketones is 1. The molecule has 19 heavy (non-hydrogen) atoms. The zero-order valence-electron chi connectivity index (χ0n) is 10.3. The normalized spacial score (nSPS) is 10.2. The van der Waals surface area contributed by atoms with Crippen LogP contribution in [0.4, 0.5) is 5.69 Å². The fourth-order valence-corrected chi connectivity index (χ4v) is 1.77. The second-order valence-corrected chi connectivity index (χ2v) is 4.05. The van der Waals surface area contributed by atoms with Crippen molar-refractivity contribution in [3.05, 3.63) is 58.9 Å². The molecule has 5 nitrogen and oxygen atoms in total. The first-order valence-corrected chi connectivity index (χ1v) is 5.60. The first kappa shape index (κ1) is 12.8. The lowest BCUT2D eigenvalue weighted by Gasteiger charge is -2.08. The Morgan fingerprint density at radius 2 is 1.79 bits per heavy atom. The fraction of sp³-hybridized carbons (Fsp3) is 0.0714. The molecule has 0 aliphatic carbocycles. The van der Waals surface area contributed by atoms with E-state index in [1.807, 2.05) is 0 Å². The maximum Gasteiger partial charge on any atom is 0.336 e. The molecule has 2 rings (SSSR count). The number of aromatic carboxylic acids is 1. The number of nitrogens with two attached hydrogens (primary N) is 1. The van der Waals surface area contributed by atoms with Gasteiger partial charge in [0.25, 0.3) is 0 Å². The summed E-state index contributed by atoms with van der Waals surface area (Å²) in [7, 11) is 0. The molecule has 2 aromatic rings. The maximum absolute atomic E-state index is 12.4. The first-order chi connectivity index (χ1) is 9.02. The van der Waals surface area contributed by atoms with Crippen LogP contribution < -0.4 is 5.73 Å². The van der Waals surface area contributed by atoms with Gasteiger partial charge in [-0.25, -0.2) is 4.79 Å². The van der Waals surface area contributed by atoms with Crippen LogP contribution in [0.5, 0.6) is 0 Å². The predicted octanol–water partition coefficient (Wildman–Crippen LogP) is 1.90. The van der Waals surface area contributed by atoms with Crippen LogP contribution in [0.1, 0.15) is 32.0 Å². The molecule has 0 saturated carbocycles. The number of carbonyl (C=O) groups is 2. The number of hydrogen-bond donors (Lipinski definition) is 2. The third-order valence-corrected chi connectivity index (χ3v) is 2.86. The van der Waals surface area contributed by atoms with Crippen LogP contribution in [-0.4, -0.2) is 21.8 Å². The summed E-state index contributed by atoms with van der Waals surface area (Å²) in [6.07, 6.45) is 1.43. The number of nitrogens with zero attached hydrogens (tertiary/aromatic N) is 1. The Morgan fingerprint density at radius 3 is 2.42 bits per heavy atom. The number of carboxylic acid groups (broad SMARTS) is 1. The minimum atomic E-state index is -1.15. The van der Waals surface area contributed by atoms with Gasteiger partial charge in [0.2, 0.25) is 5.78 Å². The van der Waals surface area contributed by atoms with Crippen molar-refractivity contribution in [2.24, 2.45) is 0 Å². The van der Waals surface area contributed by atoms with E-state index in [9.17, 15) is 9.59 Å². The molecule has 1 aromatic heterocycles. The highest BCUT2D eigenvalue weighted by Crippen LogP contribution is 2.19. The Labute approximate surface area is 109 Å². The molecule has 96 valence electrons. The van der Waals surface area contributed by atoms with Crippen molar-refractivity contribution in [1.82, 2.24) is 4.98 Å². The van der Waals surface area contributed by atoms with E-state index in [0.717, 1.165) is 0 Å². The van der Waals surface area contributed by atoms with Crippen LogP contribution in [-0.2, 0) is 0 Å². The lowest BCUT2D eigenvalue weighted by molar-refractivity contribution is 0.0692. The number of nitrogen functional groups attached to an aromatic ring is 1. The average molecular weight is 256 g/mol. The van der Waals surface area contributed by atoms with Crippen molar-refractivity contribution in [1.29, 1.82) is 0 Å². The van der Waals surface area contributed by atoms with E-state index < -0.39 is 11.8 Å². The highest BCUT2D eigenvalue weighted by Gasteiger charge is 2.20. The van der Waals surface area contributed by atoms with Gasteiger partial charge in [-0.1, -0.05) is 18.2 Å². The number of pyridine rings is 1. The van der Waals surface area contributed by atoms with Gasteiger partial charge in [-0.15, -0.1) is 0 Å². The monoisotopic (exact) mass is 256 g/mol. The number of aromatic nitrogens is 1. The van der Waals surface area contributed by atoms with Gasteiger partial charge in [0, 0.05) is 23.0 Å². The molecule has 1 heterocycles. The van der Waals surface area contributed by atoms with Crippen LogP contribution >= 0.6 is 0 Å². The van der Waals surface area contributed by atoms with E-state index in [2.05, 4.69) is 4.98 Å². The van der Waals surface area contributed by atoms with Gasteiger partial charge in [0.05, 0.1) is 5.56 Å². The third kappa shape index (κ3) is 2.30. The Bertz CT molecular complexity index is 665. The van der Waals surface area contributed by atoms with Crippen LogP contribution in [0.3, 0.4) is 0 Å². The van der Waals surface area contributed by atoms with Gasteiger partial charge in [0.15, 0.2) is 0 Å². The van der Waals surface area contributed by atoms with E-state index >= 15 is 0 Å². The Kier molecular flexibility index (Phi) is 3.29. The quantitative estimate of drug-likeness (QED) is 0.818. The van der Waals surface area contributed by atoms with Crippen molar-refractivity contribution < 1.29 is 14.7 Å². The number of carboxylic acids is 1. The standard InChI is InChI=1S/C14H12N2O3/c1-8-11(15)6-7-16-12(8)13(17)9-4-2-3-5-10(9)14(18)19/h2-7H,1H3,(H2,15,16)(H,18,19). The Hall–Kier alpha value is -2.69. The molecule has 0 bridgehead atoms. The van der Waals surface area contributed by atoms with Gasteiger partial charge in [-0.3, -0.25) is 9.78 Å². The van der Waals surface area contributed by atoms with Gasteiger partial charge in [-0.2, -0.15) is 0 Å². The van der Waals surface area contributed by atoms with Crippen molar-refractivity contribution in [2.45, 2.75) is 6.92 Å². The topological polar surface area (TPSA) is 93.3 Å². The zero-order valence-corrected chi connectivity index (χ0v) is 10.3. The molecule has 0 spiro atoms. The number of hydrogen-bond acceptors (Lipinski definition) is 4. The number of benzene rings is 1. The van der Waals surface area contributed by atoms with Gasteiger partial charge in [-0.05, 0) is 19.1 Å². The minimum absolute atomic E-state index is 0.0453. The fourth-order valence-electron chi connectivity index (χ4n) is 1.77. The van der Waals surface area contributed by atoms with Gasteiger partial charge < -0.3 is 10.8 Å². The van der Waals surface area contributed by atoms with Gasteiger partial charge in [0.1, 0.15) is 5.69 Å². The lowest BCUT2D eigenvalue weighted by atomic mass is 9.99. The Balaban J connectivity index is 2.57. The molecule has 0 radical (unpaired) electrons. The summed E-state index contributed by atoms with van der Waals surface area (Å²) in [5.74, 6) is -1.59. The van der Waals surface area contributed by atoms with Crippen molar-refractivity contribution in [3.63, 3.8) is 0 Å². The van der Waals surface area contributed by atoms with Crippen LogP contribution in [0, 0.1) is 6.92 Å².